The highest BCUT2D eigenvalue weighted by Crippen LogP contribution is 2.45. The fourth-order valence-electron chi connectivity index (χ4n) is 9.14. The number of carbonyl (C=O) groups is 6. The molecule has 0 heterocycles. The molecule has 4 aromatic carbocycles. The number of fused-ring (bicyclic) bond motifs is 1. The Balaban J connectivity index is 1.90. The summed E-state index contributed by atoms with van der Waals surface area (Å²) in [4.78, 5) is 75.6. The molecule has 548 valence electrons. The van der Waals surface area contributed by atoms with E-state index in [4.69, 9.17) is 56.8 Å². The van der Waals surface area contributed by atoms with Gasteiger partial charge in [0.2, 0.25) is 11.5 Å². The standard InChI is InChI=1S/C74H114N6O18/c1-49(2)41-54-43-51(53-47-59(89-37-23-31-77-65(83)95-71(9,10)11)62(92-40-26-34-80-68(86)98-74(18,19)20)60(48-53)90-38-24-32-78-66(84)96-72(12,13)14)44-55-42-50(27-28-56(54)55)52-45-57(87-35-21-29-75-63(81)93-69(3,4)5)61(91-39-25-33-79-67(85)97-73(15,16)17)58(46-52)88-36-22-30-76-64(82)94-70(6,7)8/h27-28,42-49H,21-26,29-41H2,1-20H3,(H,75,81)(H,76,82)(H,77,83)(H,78,84)(H,79,85)(H,80,86). The van der Waals surface area contributed by atoms with Crippen LogP contribution in [0.1, 0.15) is 183 Å². The van der Waals surface area contributed by atoms with Gasteiger partial charge in [0.05, 0.1) is 39.6 Å². The second-order valence-corrected chi connectivity index (χ2v) is 30.1. The Hall–Kier alpha value is -8.44. The van der Waals surface area contributed by atoms with Crippen LogP contribution < -0.4 is 60.3 Å². The summed E-state index contributed by atoms with van der Waals surface area (Å²) in [5, 5.41) is 18.7. The molecule has 0 fully saturated rings. The van der Waals surface area contributed by atoms with Gasteiger partial charge in [0.25, 0.3) is 0 Å². The van der Waals surface area contributed by atoms with E-state index in [0.717, 1.165) is 45.0 Å². The van der Waals surface area contributed by atoms with Gasteiger partial charge in [-0.3, -0.25) is 0 Å². The van der Waals surface area contributed by atoms with Crippen molar-refractivity contribution in [3.63, 3.8) is 0 Å². The number of amides is 6. The molecule has 0 aliphatic heterocycles. The zero-order chi connectivity index (χ0) is 73.1. The van der Waals surface area contributed by atoms with E-state index in [-0.39, 0.29) is 84.8 Å². The summed E-state index contributed by atoms with van der Waals surface area (Å²) in [5.74, 6) is 2.34. The molecule has 0 aliphatic rings. The SMILES string of the molecule is CC(C)Cc1cc(-c2cc(OCCCNC(=O)OC(C)(C)C)c(OCCCNC(=O)OC(C)(C)C)c(OCCCNC(=O)OC(C)(C)C)c2)cc2cc(-c3cc(OCCCNC(=O)OC(C)(C)C)c(OCCCNC(=O)OC(C)(C)C)c(OCCCNC(=O)OC(C)(C)C)c3)ccc12. The number of hydrogen-bond donors (Lipinski definition) is 6. The normalized spacial score (nSPS) is 12.0. The molecule has 0 unspecified atom stereocenters. The Morgan fingerprint density at radius 2 is 0.551 bits per heavy atom. The molecule has 98 heavy (non-hydrogen) atoms. The van der Waals surface area contributed by atoms with Crippen molar-refractivity contribution in [2.75, 3.05) is 78.9 Å². The van der Waals surface area contributed by atoms with Crippen LogP contribution in [0.5, 0.6) is 34.5 Å². The van der Waals surface area contributed by atoms with Crippen LogP contribution in [0, 0.1) is 5.92 Å². The second kappa shape index (κ2) is 38.1. The first-order valence-electron chi connectivity index (χ1n) is 34.1. The van der Waals surface area contributed by atoms with Crippen molar-refractivity contribution in [1.82, 2.24) is 31.9 Å². The molecule has 24 nitrogen and oxygen atoms in total. The fourth-order valence-corrected chi connectivity index (χ4v) is 9.14. The zero-order valence-corrected chi connectivity index (χ0v) is 62.1. The summed E-state index contributed by atoms with van der Waals surface area (Å²) in [6, 6.07) is 18.1. The van der Waals surface area contributed by atoms with Crippen molar-refractivity contribution in [1.29, 1.82) is 0 Å². The van der Waals surface area contributed by atoms with Crippen LogP contribution in [0.2, 0.25) is 0 Å². The molecule has 0 atom stereocenters. The molecule has 6 N–H and O–H groups in total. The van der Waals surface area contributed by atoms with Crippen molar-refractivity contribution in [3.8, 4) is 56.8 Å². The van der Waals surface area contributed by atoms with Gasteiger partial charge >= 0.3 is 36.6 Å². The molecule has 0 spiro atoms. The van der Waals surface area contributed by atoms with Gasteiger partial charge in [-0.25, -0.2) is 28.8 Å². The van der Waals surface area contributed by atoms with Crippen molar-refractivity contribution >= 4 is 47.3 Å². The summed E-state index contributed by atoms with van der Waals surface area (Å²) in [6.07, 6.45) is -0.148. The molecular formula is C74H114N6O18. The third kappa shape index (κ3) is 34.2. The molecule has 4 rings (SSSR count). The third-order valence-electron chi connectivity index (χ3n) is 12.8. The van der Waals surface area contributed by atoms with E-state index in [2.05, 4.69) is 76.1 Å². The van der Waals surface area contributed by atoms with Gasteiger partial charge in [-0.2, -0.15) is 0 Å². The maximum absolute atomic E-state index is 12.6. The van der Waals surface area contributed by atoms with Gasteiger partial charge in [0, 0.05) is 39.3 Å². The van der Waals surface area contributed by atoms with Gasteiger partial charge in [0.15, 0.2) is 23.0 Å². The molecule has 0 aromatic heterocycles. The summed E-state index contributed by atoms with van der Waals surface area (Å²) in [5.41, 5.74) is 0.110. The maximum Gasteiger partial charge on any atom is 0.407 e. The number of nitrogens with one attached hydrogen (secondary N) is 6. The highest BCUT2D eigenvalue weighted by Gasteiger charge is 2.25. The summed E-state index contributed by atoms with van der Waals surface area (Å²) in [7, 11) is 0. The summed E-state index contributed by atoms with van der Waals surface area (Å²) >= 11 is 0. The highest BCUT2D eigenvalue weighted by molar-refractivity contribution is 5.94. The molecule has 0 saturated carbocycles. The van der Waals surface area contributed by atoms with Gasteiger partial charge in [-0.05, 0) is 250 Å². The predicted octanol–water partition coefficient (Wildman–Crippen LogP) is 15.1. The Kier molecular flexibility index (Phi) is 31.8. The van der Waals surface area contributed by atoms with Crippen molar-refractivity contribution in [2.24, 2.45) is 5.92 Å². The maximum atomic E-state index is 12.6. The average molecular weight is 1380 g/mol. The molecule has 6 amide bonds. The minimum atomic E-state index is -0.682. The van der Waals surface area contributed by atoms with E-state index in [1.807, 2.05) is 24.3 Å². The number of alkyl carbamates (subject to hydrolysis) is 6. The number of benzene rings is 4. The van der Waals surface area contributed by atoms with Gasteiger partial charge in [0.1, 0.15) is 33.6 Å². The van der Waals surface area contributed by atoms with E-state index in [0.29, 0.717) is 73.0 Å². The lowest BCUT2D eigenvalue weighted by Crippen LogP contribution is -2.33. The van der Waals surface area contributed by atoms with Crippen LogP contribution in [-0.4, -0.2) is 149 Å². The Morgan fingerprint density at radius 3 is 0.806 bits per heavy atom. The van der Waals surface area contributed by atoms with Gasteiger partial charge < -0.3 is 88.7 Å². The van der Waals surface area contributed by atoms with E-state index < -0.39 is 70.2 Å². The Labute approximate surface area is 581 Å². The summed E-state index contributed by atoms with van der Waals surface area (Å²) < 4.78 is 72.2. The Bertz CT molecular complexity index is 3090. The fraction of sp³-hybridized carbons (Fsp3) is 0.622. The number of ether oxygens (including phenoxy) is 12. The first kappa shape index (κ1) is 82.0. The molecule has 24 heteroatoms. The molecular weight excluding hydrogens is 1260 g/mol. The van der Waals surface area contributed by atoms with Crippen LogP contribution >= 0.6 is 0 Å². The average Bonchev–Trinajstić information content (AvgIpc) is 0.773. The van der Waals surface area contributed by atoms with Crippen molar-refractivity contribution < 1.29 is 85.6 Å². The lowest BCUT2D eigenvalue weighted by Gasteiger charge is -2.21. The smallest absolute Gasteiger partial charge is 0.407 e. The number of carbonyl (C=O) groups excluding carboxylic acids is 6. The molecule has 0 radical (unpaired) electrons. The predicted molar refractivity (Wildman–Crippen MR) is 379 cm³/mol. The largest absolute Gasteiger partial charge is 0.489 e. The minimum absolute atomic E-state index is 0.149. The number of hydrogen-bond acceptors (Lipinski definition) is 18. The van der Waals surface area contributed by atoms with Crippen LogP contribution in [0.3, 0.4) is 0 Å². The first-order chi connectivity index (χ1) is 45.6. The second-order valence-electron chi connectivity index (χ2n) is 30.1. The Morgan fingerprint density at radius 1 is 0.316 bits per heavy atom. The van der Waals surface area contributed by atoms with Crippen LogP contribution in [0.25, 0.3) is 33.0 Å². The van der Waals surface area contributed by atoms with Crippen LogP contribution in [-0.2, 0) is 34.8 Å². The van der Waals surface area contributed by atoms with Crippen LogP contribution in [0.15, 0.2) is 54.6 Å². The number of rotatable bonds is 34. The van der Waals surface area contributed by atoms with E-state index in [9.17, 15) is 28.8 Å². The molecule has 4 aromatic rings. The monoisotopic (exact) mass is 1370 g/mol. The van der Waals surface area contributed by atoms with E-state index in [1.165, 1.54) is 0 Å². The summed E-state index contributed by atoms with van der Waals surface area (Å²) in [6.45, 7) is 39.1. The quantitative estimate of drug-likeness (QED) is 0.0187. The minimum Gasteiger partial charge on any atom is -0.489 e. The van der Waals surface area contributed by atoms with Crippen molar-refractivity contribution in [3.05, 3.63) is 60.2 Å². The van der Waals surface area contributed by atoms with Crippen molar-refractivity contribution in [2.45, 2.75) is 217 Å². The van der Waals surface area contributed by atoms with Crippen LogP contribution in [0.4, 0.5) is 28.8 Å². The van der Waals surface area contributed by atoms with Gasteiger partial charge in [-0.1, -0.05) is 32.0 Å². The molecule has 0 aliphatic carbocycles. The lowest BCUT2D eigenvalue weighted by molar-refractivity contribution is 0.0512. The third-order valence-corrected chi connectivity index (χ3v) is 12.8. The molecule has 0 bridgehead atoms. The lowest BCUT2D eigenvalue weighted by atomic mass is 9.90. The zero-order valence-electron chi connectivity index (χ0n) is 62.1. The van der Waals surface area contributed by atoms with E-state index >= 15 is 0 Å². The highest BCUT2D eigenvalue weighted by atomic mass is 16.6. The van der Waals surface area contributed by atoms with E-state index in [1.54, 1.807) is 125 Å². The van der Waals surface area contributed by atoms with Gasteiger partial charge in [-0.15, -0.1) is 0 Å². The molecule has 0 saturated heterocycles. The first-order valence-corrected chi connectivity index (χ1v) is 34.1. The topological polar surface area (TPSA) is 285 Å².